The lowest BCUT2D eigenvalue weighted by Gasteiger charge is -2.03. The van der Waals surface area contributed by atoms with E-state index in [0.29, 0.717) is 10.0 Å². The van der Waals surface area contributed by atoms with Crippen LogP contribution in [0, 0.1) is 12.7 Å². The van der Waals surface area contributed by atoms with Gasteiger partial charge in [-0.1, -0.05) is 41.0 Å². The molecule has 2 aromatic carbocycles. The van der Waals surface area contributed by atoms with Crippen molar-refractivity contribution >= 4 is 46.3 Å². The first-order chi connectivity index (χ1) is 14.0. The molecule has 0 spiro atoms. The number of thioether (sulfide) groups is 1. The van der Waals surface area contributed by atoms with Crippen molar-refractivity contribution in [1.82, 2.24) is 15.2 Å². The van der Waals surface area contributed by atoms with Crippen LogP contribution in [0.5, 0.6) is 0 Å². The van der Waals surface area contributed by atoms with Crippen molar-refractivity contribution in [2.75, 3.05) is 0 Å². The van der Waals surface area contributed by atoms with E-state index in [2.05, 4.69) is 15.2 Å². The third kappa shape index (κ3) is 4.78. The van der Waals surface area contributed by atoms with E-state index in [9.17, 15) is 4.39 Å². The Balaban J connectivity index is 1.49. The molecule has 0 amide bonds. The van der Waals surface area contributed by atoms with Crippen molar-refractivity contribution in [3.63, 3.8) is 0 Å². The van der Waals surface area contributed by atoms with Crippen LogP contribution in [-0.2, 0) is 5.75 Å². The van der Waals surface area contributed by atoms with Crippen LogP contribution in [-0.4, -0.2) is 15.2 Å². The smallest absolute Gasteiger partial charge is 0.124 e. The summed E-state index contributed by atoms with van der Waals surface area (Å²) in [5.41, 5.74) is 3.59. The van der Waals surface area contributed by atoms with E-state index in [0.717, 1.165) is 43.2 Å². The molecule has 4 aromatic rings. The average molecular weight is 462 g/mol. The summed E-state index contributed by atoms with van der Waals surface area (Å²) in [5.74, 6) is 0.459. The fraction of sp³-hybridized carbons (Fsp3) is 0.0952. The van der Waals surface area contributed by atoms with Gasteiger partial charge in [0.15, 0.2) is 0 Å². The standard InChI is InChI=1S/C21H14Cl2FN3S2/c1-12-20(29-21(25-12)14-3-5-15(24)6-4-14)18-8-9-19(27-26-18)28-11-13-2-7-16(22)17(23)10-13/h2-10H,11H2,1H3. The summed E-state index contributed by atoms with van der Waals surface area (Å²) in [4.78, 5) is 5.56. The molecule has 4 rings (SSSR count). The van der Waals surface area contributed by atoms with Gasteiger partial charge in [0.05, 0.1) is 20.6 Å². The summed E-state index contributed by atoms with van der Waals surface area (Å²) in [5, 5.41) is 11.4. The van der Waals surface area contributed by atoms with Crippen LogP contribution in [0.4, 0.5) is 4.39 Å². The summed E-state index contributed by atoms with van der Waals surface area (Å²) < 4.78 is 13.1. The van der Waals surface area contributed by atoms with Crippen LogP contribution in [0.15, 0.2) is 59.6 Å². The van der Waals surface area contributed by atoms with E-state index < -0.39 is 0 Å². The van der Waals surface area contributed by atoms with Crippen molar-refractivity contribution in [2.45, 2.75) is 17.7 Å². The second-order valence-electron chi connectivity index (χ2n) is 6.23. The number of halogens is 3. The van der Waals surface area contributed by atoms with E-state index >= 15 is 0 Å². The molecule has 0 radical (unpaired) electrons. The number of nitrogens with zero attached hydrogens (tertiary/aromatic N) is 3. The molecule has 0 unspecified atom stereocenters. The van der Waals surface area contributed by atoms with Crippen molar-refractivity contribution in [3.05, 3.63) is 81.7 Å². The topological polar surface area (TPSA) is 38.7 Å². The maximum atomic E-state index is 13.1. The quantitative estimate of drug-likeness (QED) is 0.292. The zero-order valence-corrected chi connectivity index (χ0v) is 18.3. The molecule has 0 saturated carbocycles. The lowest BCUT2D eigenvalue weighted by Crippen LogP contribution is -1.90. The third-order valence-electron chi connectivity index (χ3n) is 4.13. The molecular weight excluding hydrogens is 448 g/mol. The highest BCUT2D eigenvalue weighted by Gasteiger charge is 2.13. The lowest BCUT2D eigenvalue weighted by molar-refractivity contribution is 0.628. The number of hydrogen-bond donors (Lipinski definition) is 0. The van der Waals surface area contributed by atoms with E-state index in [1.165, 1.54) is 23.5 Å². The highest BCUT2D eigenvalue weighted by molar-refractivity contribution is 7.98. The van der Waals surface area contributed by atoms with Crippen molar-refractivity contribution in [3.8, 4) is 21.1 Å². The number of benzene rings is 2. The summed E-state index contributed by atoms with van der Waals surface area (Å²) in [6, 6.07) is 15.8. The van der Waals surface area contributed by atoms with Crippen molar-refractivity contribution in [1.29, 1.82) is 0 Å². The molecule has 0 aliphatic carbocycles. The zero-order valence-electron chi connectivity index (χ0n) is 15.2. The Morgan fingerprint density at radius 1 is 0.966 bits per heavy atom. The SMILES string of the molecule is Cc1nc(-c2ccc(F)cc2)sc1-c1ccc(SCc2ccc(Cl)c(Cl)c2)nn1. The molecular formula is C21H14Cl2FN3S2. The van der Waals surface area contributed by atoms with Gasteiger partial charge in [0.25, 0.3) is 0 Å². The van der Waals surface area contributed by atoms with E-state index in [1.807, 2.05) is 31.2 Å². The molecule has 0 fully saturated rings. The van der Waals surface area contributed by atoms with Gasteiger partial charge >= 0.3 is 0 Å². The van der Waals surface area contributed by atoms with E-state index in [-0.39, 0.29) is 5.82 Å². The highest BCUT2D eigenvalue weighted by Crippen LogP contribution is 2.34. The highest BCUT2D eigenvalue weighted by atomic mass is 35.5. The Morgan fingerprint density at radius 2 is 1.76 bits per heavy atom. The molecule has 8 heteroatoms. The summed E-state index contributed by atoms with van der Waals surface area (Å²) >= 11 is 15.1. The summed E-state index contributed by atoms with van der Waals surface area (Å²) in [6.07, 6.45) is 0. The Kier molecular flexibility index (Phi) is 6.15. The molecule has 0 aliphatic heterocycles. The number of thiazole rings is 1. The largest absolute Gasteiger partial charge is 0.241 e. The lowest BCUT2D eigenvalue weighted by atomic mass is 10.2. The molecule has 0 aliphatic rings. The first-order valence-corrected chi connectivity index (χ1v) is 11.2. The van der Waals surface area contributed by atoms with Crippen LogP contribution in [0.1, 0.15) is 11.3 Å². The maximum absolute atomic E-state index is 13.1. The van der Waals surface area contributed by atoms with E-state index in [4.69, 9.17) is 23.2 Å². The van der Waals surface area contributed by atoms with Crippen molar-refractivity contribution < 1.29 is 4.39 Å². The van der Waals surface area contributed by atoms with Gasteiger partial charge in [-0.3, -0.25) is 0 Å². The first kappa shape index (κ1) is 20.3. The third-order valence-corrected chi connectivity index (χ3v) is 7.09. The monoisotopic (exact) mass is 461 g/mol. The Labute approximate surface area is 185 Å². The molecule has 29 heavy (non-hydrogen) atoms. The minimum absolute atomic E-state index is 0.262. The van der Waals surface area contributed by atoms with E-state index in [1.54, 1.807) is 30.0 Å². The molecule has 0 N–H and O–H groups in total. The molecule has 3 nitrogen and oxygen atoms in total. The van der Waals surface area contributed by atoms with Gasteiger partial charge in [-0.2, -0.15) is 0 Å². The van der Waals surface area contributed by atoms with Gasteiger partial charge in [-0.15, -0.1) is 21.5 Å². The molecule has 0 bridgehead atoms. The molecule has 2 heterocycles. The minimum Gasteiger partial charge on any atom is -0.241 e. The molecule has 2 aromatic heterocycles. The second kappa shape index (κ2) is 8.79. The van der Waals surface area contributed by atoms with Gasteiger partial charge in [0, 0.05) is 11.3 Å². The molecule has 146 valence electrons. The van der Waals surface area contributed by atoms with Crippen LogP contribution in [0.25, 0.3) is 21.1 Å². The van der Waals surface area contributed by atoms with Crippen LogP contribution < -0.4 is 0 Å². The minimum atomic E-state index is -0.262. The van der Waals surface area contributed by atoms with Gasteiger partial charge in [0.2, 0.25) is 0 Å². The molecule has 0 atom stereocenters. The fourth-order valence-corrected chi connectivity index (χ4v) is 4.77. The average Bonchev–Trinajstić information content (AvgIpc) is 3.11. The van der Waals surface area contributed by atoms with Crippen LogP contribution >= 0.6 is 46.3 Å². The zero-order chi connectivity index (χ0) is 20.4. The van der Waals surface area contributed by atoms with Gasteiger partial charge in [-0.25, -0.2) is 9.37 Å². The fourth-order valence-electron chi connectivity index (χ4n) is 2.65. The van der Waals surface area contributed by atoms with Crippen LogP contribution in [0.2, 0.25) is 10.0 Å². The molecule has 0 saturated heterocycles. The van der Waals surface area contributed by atoms with Gasteiger partial charge < -0.3 is 0 Å². The number of hydrogen-bond acceptors (Lipinski definition) is 5. The Morgan fingerprint density at radius 3 is 2.45 bits per heavy atom. The first-order valence-electron chi connectivity index (χ1n) is 8.64. The number of aromatic nitrogens is 3. The number of rotatable bonds is 5. The second-order valence-corrected chi connectivity index (χ2v) is 9.04. The summed E-state index contributed by atoms with van der Waals surface area (Å²) in [7, 11) is 0. The Bertz CT molecular complexity index is 1150. The predicted molar refractivity (Wildman–Crippen MR) is 119 cm³/mol. The van der Waals surface area contributed by atoms with Crippen LogP contribution in [0.3, 0.4) is 0 Å². The van der Waals surface area contributed by atoms with Gasteiger partial charge in [0.1, 0.15) is 21.5 Å². The van der Waals surface area contributed by atoms with Gasteiger partial charge in [-0.05, 0) is 61.0 Å². The maximum Gasteiger partial charge on any atom is 0.124 e. The predicted octanol–water partition coefficient (Wildman–Crippen LogP) is 7.31. The normalized spacial score (nSPS) is 11.0. The summed E-state index contributed by atoms with van der Waals surface area (Å²) in [6.45, 7) is 1.94. The van der Waals surface area contributed by atoms with Crippen molar-refractivity contribution in [2.24, 2.45) is 0 Å². The Hall–Kier alpha value is -1.99. The number of aryl methyl sites for hydroxylation is 1.